The molecule has 1 aromatic rings. The highest BCUT2D eigenvalue weighted by Crippen LogP contribution is 2.32. The maximum Gasteiger partial charge on any atom is 0.185 e. The summed E-state index contributed by atoms with van der Waals surface area (Å²) >= 11 is 1.86. The van der Waals surface area contributed by atoms with Gasteiger partial charge in [-0.1, -0.05) is 34.1 Å². The molecule has 0 saturated carbocycles. The highest BCUT2D eigenvalue weighted by Gasteiger charge is 2.19. The molecule has 0 bridgehead atoms. The molecule has 0 radical (unpaired) electrons. The predicted molar refractivity (Wildman–Crippen MR) is 91.0 cm³/mol. The number of anilines is 1. The fourth-order valence-corrected chi connectivity index (χ4v) is 3.46. The molecule has 2 atom stereocenters. The van der Waals surface area contributed by atoms with Crippen LogP contribution in [-0.4, -0.2) is 24.6 Å². The Labute approximate surface area is 128 Å². The van der Waals surface area contributed by atoms with Crippen LogP contribution >= 0.6 is 11.3 Å². The minimum absolute atomic E-state index is 0.545. The van der Waals surface area contributed by atoms with Crippen molar-refractivity contribution in [2.24, 2.45) is 0 Å². The third-order valence-corrected chi connectivity index (χ3v) is 5.16. The Morgan fingerprint density at radius 3 is 2.50 bits per heavy atom. The Balaban J connectivity index is 2.94. The zero-order valence-electron chi connectivity index (χ0n) is 14.0. The van der Waals surface area contributed by atoms with Crippen molar-refractivity contribution in [3.05, 3.63) is 10.6 Å². The normalized spacial score (nSPS) is 14.3. The van der Waals surface area contributed by atoms with Crippen molar-refractivity contribution in [3.63, 3.8) is 0 Å². The summed E-state index contributed by atoms with van der Waals surface area (Å²) in [7, 11) is 2.18. The molecular formula is C16H31N3S. The number of hydrogen-bond acceptors (Lipinski definition) is 4. The van der Waals surface area contributed by atoms with Crippen molar-refractivity contribution in [2.45, 2.75) is 72.4 Å². The molecule has 3 nitrogen and oxygen atoms in total. The Kier molecular flexibility index (Phi) is 7.52. The topological polar surface area (TPSA) is 28.2 Å². The fraction of sp³-hybridized carbons (Fsp3) is 0.812. The molecule has 0 aliphatic carbocycles. The third kappa shape index (κ3) is 4.45. The number of nitrogens with one attached hydrogen (secondary N) is 1. The molecule has 0 amide bonds. The van der Waals surface area contributed by atoms with Gasteiger partial charge >= 0.3 is 0 Å². The summed E-state index contributed by atoms with van der Waals surface area (Å²) in [6, 6.07) is 0.558. The second-order valence-corrected chi connectivity index (χ2v) is 6.71. The largest absolute Gasteiger partial charge is 0.348 e. The summed E-state index contributed by atoms with van der Waals surface area (Å²) in [6.45, 7) is 13.2. The van der Waals surface area contributed by atoms with E-state index in [9.17, 15) is 0 Å². The number of aromatic nitrogens is 1. The lowest BCUT2D eigenvalue weighted by Gasteiger charge is -2.23. The summed E-state index contributed by atoms with van der Waals surface area (Å²) in [5, 5.41) is 4.62. The molecule has 0 aliphatic rings. The van der Waals surface area contributed by atoms with Gasteiger partial charge in [0, 0.05) is 24.5 Å². The third-order valence-electron chi connectivity index (χ3n) is 4.00. The fourth-order valence-electron chi connectivity index (χ4n) is 2.25. The van der Waals surface area contributed by atoms with Crippen LogP contribution in [0.25, 0.3) is 0 Å². The van der Waals surface area contributed by atoms with Crippen LogP contribution in [0.2, 0.25) is 0 Å². The smallest absolute Gasteiger partial charge is 0.185 e. The zero-order valence-corrected chi connectivity index (χ0v) is 14.8. The molecule has 1 N–H and O–H groups in total. The Hall–Kier alpha value is -0.610. The Morgan fingerprint density at radius 2 is 1.95 bits per heavy atom. The number of thiazole rings is 1. The van der Waals surface area contributed by atoms with E-state index >= 15 is 0 Å². The van der Waals surface area contributed by atoms with Gasteiger partial charge in [-0.2, -0.15) is 0 Å². The molecule has 0 aromatic carbocycles. The van der Waals surface area contributed by atoms with E-state index in [1.165, 1.54) is 28.5 Å². The monoisotopic (exact) mass is 297 g/mol. The first-order valence-corrected chi connectivity index (χ1v) is 8.79. The van der Waals surface area contributed by atoms with E-state index in [2.05, 4.69) is 51.9 Å². The minimum atomic E-state index is 0.545. The first-order chi connectivity index (χ1) is 9.54. The second-order valence-electron chi connectivity index (χ2n) is 5.64. The van der Waals surface area contributed by atoms with Crippen LogP contribution in [0.3, 0.4) is 0 Å². The van der Waals surface area contributed by atoms with Gasteiger partial charge in [-0.25, -0.2) is 4.98 Å². The molecule has 4 heteroatoms. The van der Waals surface area contributed by atoms with Crippen molar-refractivity contribution in [3.8, 4) is 0 Å². The van der Waals surface area contributed by atoms with Gasteiger partial charge in [-0.15, -0.1) is 11.3 Å². The Morgan fingerprint density at radius 1 is 1.25 bits per heavy atom. The average Bonchev–Trinajstić information content (AvgIpc) is 2.87. The van der Waals surface area contributed by atoms with Crippen LogP contribution in [0.15, 0.2) is 0 Å². The van der Waals surface area contributed by atoms with Gasteiger partial charge in [0.2, 0.25) is 0 Å². The molecule has 2 unspecified atom stereocenters. The number of hydrogen-bond donors (Lipinski definition) is 1. The van der Waals surface area contributed by atoms with E-state index in [0.29, 0.717) is 12.0 Å². The quantitative estimate of drug-likeness (QED) is 0.732. The molecule has 0 spiro atoms. The summed E-state index contributed by atoms with van der Waals surface area (Å²) in [5.74, 6) is 0.545. The van der Waals surface area contributed by atoms with Gasteiger partial charge < -0.3 is 10.2 Å². The maximum atomic E-state index is 4.94. The van der Waals surface area contributed by atoms with Crippen LogP contribution in [0, 0.1) is 0 Å². The molecule has 116 valence electrons. The van der Waals surface area contributed by atoms with E-state index in [1.54, 1.807) is 0 Å². The highest BCUT2D eigenvalue weighted by molar-refractivity contribution is 7.15. The number of nitrogens with zero attached hydrogens (tertiary/aromatic N) is 2. The molecule has 20 heavy (non-hydrogen) atoms. The summed E-state index contributed by atoms with van der Waals surface area (Å²) < 4.78 is 0. The van der Waals surface area contributed by atoms with Gasteiger partial charge in [-0.3, -0.25) is 0 Å². The molecule has 1 rings (SSSR count). The maximum absolute atomic E-state index is 4.94. The van der Waals surface area contributed by atoms with E-state index in [-0.39, 0.29) is 0 Å². The molecule has 0 saturated heterocycles. The van der Waals surface area contributed by atoms with Gasteiger partial charge in [0.15, 0.2) is 5.13 Å². The average molecular weight is 298 g/mol. The first kappa shape index (κ1) is 17.4. The lowest BCUT2D eigenvalue weighted by Crippen LogP contribution is -2.28. The van der Waals surface area contributed by atoms with Crippen LogP contribution in [0.1, 0.15) is 70.4 Å². The van der Waals surface area contributed by atoms with Crippen LogP contribution < -0.4 is 10.2 Å². The van der Waals surface area contributed by atoms with Crippen LogP contribution in [0.5, 0.6) is 0 Å². The second kappa shape index (κ2) is 8.63. The zero-order chi connectivity index (χ0) is 15.1. The molecule has 1 heterocycles. The molecule has 1 aromatic heterocycles. The SMILES string of the molecule is CCCC(C)N(C)c1nc(C(C)CC)c(CNCC)s1. The van der Waals surface area contributed by atoms with Crippen molar-refractivity contribution in [2.75, 3.05) is 18.5 Å². The predicted octanol–water partition coefficient (Wildman–Crippen LogP) is 4.39. The molecular weight excluding hydrogens is 266 g/mol. The first-order valence-electron chi connectivity index (χ1n) is 7.98. The van der Waals surface area contributed by atoms with Crippen LogP contribution in [0.4, 0.5) is 5.13 Å². The summed E-state index contributed by atoms with van der Waals surface area (Å²) in [5.41, 5.74) is 1.30. The van der Waals surface area contributed by atoms with E-state index in [1.807, 2.05) is 11.3 Å². The van der Waals surface area contributed by atoms with Crippen molar-refractivity contribution in [1.29, 1.82) is 0 Å². The summed E-state index contributed by atoms with van der Waals surface area (Å²) in [6.07, 6.45) is 3.59. The van der Waals surface area contributed by atoms with Crippen LogP contribution in [-0.2, 0) is 6.54 Å². The van der Waals surface area contributed by atoms with Crippen molar-refractivity contribution in [1.82, 2.24) is 10.3 Å². The minimum Gasteiger partial charge on any atom is -0.348 e. The van der Waals surface area contributed by atoms with Crippen molar-refractivity contribution >= 4 is 16.5 Å². The van der Waals surface area contributed by atoms with Gasteiger partial charge in [0.25, 0.3) is 0 Å². The lowest BCUT2D eigenvalue weighted by atomic mass is 10.0. The van der Waals surface area contributed by atoms with E-state index in [0.717, 1.165) is 19.5 Å². The molecule has 0 aliphatic heterocycles. The standard InChI is InChI=1S/C16H31N3S/c1-7-10-13(5)19(6)16-18-15(12(4)8-2)14(20-16)11-17-9-3/h12-13,17H,7-11H2,1-6H3. The highest BCUT2D eigenvalue weighted by atomic mass is 32.1. The van der Waals surface area contributed by atoms with Gasteiger partial charge in [-0.05, 0) is 32.2 Å². The molecule has 0 fully saturated rings. The van der Waals surface area contributed by atoms with Crippen molar-refractivity contribution < 1.29 is 0 Å². The summed E-state index contributed by atoms with van der Waals surface area (Å²) in [4.78, 5) is 8.69. The Bertz CT molecular complexity index is 389. The van der Waals surface area contributed by atoms with E-state index in [4.69, 9.17) is 4.98 Å². The number of rotatable bonds is 9. The van der Waals surface area contributed by atoms with Gasteiger partial charge in [0.1, 0.15) is 0 Å². The van der Waals surface area contributed by atoms with Gasteiger partial charge in [0.05, 0.1) is 5.69 Å². The lowest BCUT2D eigenvalue weighted by molar-refractivity contribution is 0.612. The van der Waals surface area contributed by atoms with E-state index < -0.39 is 0 Å².